The van der Waals surface area contributed by atoms with Crippen molar-refractivity contribution in [2.45, 2.75) is 218 Å². The Hall–Kier alpha value is -1.64. The Morgan fingerprint density at radius 2 is 0.978 bits per heavy atom. The van der Waals surface area contributed by atoms with Gasteiger partial charge in [-0.3, -0.25) is 14.4 Å². The van der Waals surface area contributed by atoms with E-state index in [9.17, 15) is 34.5 Å². The quantitative estimate of drug-likeness (QED) is 0.0377. The van der Waals surface area contributed by atoms with Crippen LogP contribution in [0.15, 0.2) is 0 Å². The van der Waals surface area contributed by atoms with E-state index in [4.69, 9.17) is 4.74 Å². The van der Waals surface area contributed by atoms with Gasteiger partial charge in [-0.25, -0.2) is 4.79 Å². The van der Waals surface area contributed by atoms with E-state index in [2.05, 4.69) is 13.8 Å². The van der Waals surface area contributed by atoms with Gasteiger partial charge in [0, 0.05) is 6.42 Å². The van der Waals surface area contributed by atoms with Gasteiger partial charge in [0.15, 0.2) is 5.78 Å². The minimum Gasteiger partial charge on any atom is -0.448 e. The summed E-state index contributed by atoms with van der Waals surface area (Å²) in [5.41, 5.74) is -3.00. The number of carbonyl (C=O) groups excluding carboxylic acids is 4. The maximum absolute atomic E-state index is 13.3. The number of hydrogen-bond donors (Lipinski definition) is 3. The third-order valence-corrected chi connectivity index (χ3v) is 9.56. The van der Waals surface area contributed by atoms with Crippen LogP contribution in [0.25, 0.3) is 0 Å². The Balaban J connectivity index is 2.42. The van der Waals surface area contributed by atoms with Gasteiger partial charge in [-0.2, -0.15) is 0 Å². The molecule has 0 aromatic heterocycles. The van der Waals surface area contributed by atoms with Crippen LogP contribution in [-0.4, -0.2) is 62.6 Å². The van der Waals surface area contributed by atoms with Gasteiger partial charge in [0.25, 0.3) is 0 Å². The Bertz CT molecular complexity index is 843. The van der Waals surface area contributed by atoms with Crippen molar-refractivity contribution in [3.63, 3.8) is 0 Å². The maximum atomic E-state index is 13.3. The van der Waals surface area contributed by atoms with Gasteiger partial charge in [-0.15, -0.1) is 0 Å². The zero-order valence-corrected chi connectivity index (χ0v) is 29.4. The van der Waals surface area contributed by atoms with Crippen molar-refractivity contribution >= 4 is 23.3 Å². The lowest BCUT2D eigenvalue weighted by molar-refractivity contribution is -0.176. The van der Waals surface area contributed by atoms with E-state index in [1.807, 2.05) is 0 Å². The highest BCUT2D eigenvalue weighted by Gasteiger charge is 2.61. The van der Waals surface area contributed by atoms with Gasteiger partial charge in [0.05, 0.1) is 0 Å². The number of carbonyl (C=O) groups is 4. The average molecular weight is 653 g/mol. The standard InChI is InChI=1S/C38H68O8/c1-3-5-7-9-11-13-15-17-19-21-23-25-27-29-31(39)35(43)38(45,36-33(41)34(42)37(44)46-36)32(40)30-28-26-24-22-20-18-16-14-12-10-8-6-4-2/h31,34,36,39,42,45H,3-30H2,1-2H3/t31?,34?,36-,38-/m0/s1. The first-order valence-corrected chi connectivity index (χ1v) is 19.1. The molecule has 1 aliphatic rings. The smallest absolute Gasteiger partial charge is 0.343 e. The minimum absolute atomic E-state index is 0.0301. The van der Waals surface area contributed by atoms with Crippen molar-refractivity contribution in [1.29, 1.82) is 0 Å². The largest absolute Gasteiger partial charge is 0.448 e. The molecule has 2 unspecified atom stereocenters. The molecule has 0 amide bonds. The number of ketones is 3. The number of hydrogen-bond acceptors (Lipinski definition) is 8. The van der Waals surface area contributed by atoms with E-state index in [-0.39, 0.29) is 12.8 Å². The molecule has 3 N–H and O–H groups in total. The van der Waals surface area contributed by atoms with Gasteiger partial charge in [0.2, 0.25) is 29.4 Å². The summed E-state index contributed by atoms with van der Waals surface area (Å²) in [7, 11) is 0. The summed E-state index contributed by atoms with van der Waals surface area (Å²) >= 11 is 0. The van der Waals surface area contributed by atoms with Crippen LogP contribution in [0.1, 0.15) is 194 Å². The molecule has 8 nitrogen and oxygen atoms in total. The lowest BCUT2D eigenvalue weighted by Gasteiger charge is -2.30. The Morgan fingerprint density at radius 1 is 0.630 bits per heavy atom. The number of Topliss-reactive ketones (excluding diaryl/α,β-unsaturated/α-hetero) is 3. The Labute approximate surface area is 279 Å². The van der Waals surface area contributed by atoms with E-state index >= 15 is 0 Å². The number of ether oxygens (including phenoxy) is 1. The Kier molecular flexibility index (Phi) is 24.3. The molecule has 0 bridgehead atoms. The molecule has 1 rings (SSSR count). The molecule has 1 fully saturated rings. The highest BCUT2D eigenvalue weighted by Crippen LogP contribution is 2.29. The normalized spacial score (nSPS) is 18.5. The van der Waals surface area contributed by atoms with Gasteiger partial charge >= 0.3 is 5.97 Å². The highest BCUT2D eigenvalue weighted by atomic mass is 16.6. The van der Waals surface area contributed by atoms with Crippen molar-refractivity contribution in [1.82, 2.24) is 0 Å². The van der Waals surface area contributed by atoms with Gasteiger partial charge < -0.3 is 20.1 Å². The van der Waals surface area contributed by atoms with Crippen LogP contribution < -0.4 is 0 Å². The van der Waals surface area contributed by atoms with Gasteiger partial charge in [-0.1, -0.05) is 174 Å². The fraction of sp³-hybridized carbons (Fsp3) is 0.895. The average Bonchev–Trinajstić information content (AvgIpc) is 3.31. The fourth-order valence-electron chi connectivity index (χ4n) is 6.44. The molecule has 0 saturated carbocycles. The first kappa shape index (κ1) is 42.4. The number of esters is 1. The summed E-state index contributed by atoms with van der Waals surface area (Å²) in [6.07, 6.45) is 23.1. The summed E-state index contributed by atoms with van der Waals surface area (Å²) < 4.78 is 4.84. The first-order valence-electron chi connectivity index (χ1n) is 19.1. The SMILES string of the molecule is CCCCCCCCCCCCCCCC(=O)[C@](O)(C(=O)C(O)CCCCCCCCCCCCCCC)[C@H]1OC(=O)C(O)C1=O. The van der Waals surface area contributed by atoms with E-state index in [1.165, 1.54) is 103 Å². The summed E-state index contributed by atoms with van der Waals surface area (Å²) in [6.45, 7) is 4.45. The second-order valence-corrected chi connectivity index (χ2v) is 13.7. The van der Waals surface area contributed by atoms with Gasteiger partial charge in [0.1, 0.15) is 6.10 Å². The number of aliphatic hydroxyl groups is 3. The van der Waals surface area contributed by atoms with Gasteiger partial charge in [-0.05, 0) is 12.8 Å². The van der Waals surface area contributed by atoms with E-state index in [1.54, 1.807) is 0 Å². The topological polar surface area (TPSA) is 138 Å². The fourth-order valence-corrected chi connectivity index (χ4v) is 6.44. The van der Waals surface area contributed by atoms with E-state index in [0.717, 1.165) is 51.4 Å². The first-order chi connectivity index (χ1) is 22.2. The molecule has 0 aromatic rings. The zero-order chi connectivity index (χ0) is 34.0. The summed E-state index contributed by atoms with van der Waals surface area (Å²) in [4.78, 5) is 50.9. The van der Waals surface area contributed by atoms with E-state index < -0.39 is 47.2 Å². The molecule has 0 spiro atoms. The van der Waals surface area contributed by atoms with Crippen LogP contribution in [0.4, 0.5) is 0 Å². The number of cyclic esters (lactones) is 1. The van der Waals surface area contributed by atoms with Crippen LogP contribution in [-0.2, 0) is 23.9 Å². The predicted molar refractivity (Wildman–Crippen MR) is 182 cm³/mol. The zero-order valence-electron chi connectivity index (χ0n) is 29.4. The van der Waals surface area contributed by atoms with Crippen LogP contribution >= 0.6 is 0 Å². The molecule has 1 saturated heterocycles. The molecule has 1 aliphatic heterocycles. The van der Waals surface area contributed by atoms with Crippen LogP contribution in [0.3, 0.4) is 0 Å². The monoisotopic (exact) mass is 652 g/mol. The molecule has 0 aliphatic carbocycles. The summed E-state index contributed by atoms with van der Waals surface area (Å²) in [5.74, 6) is -4.72. The molecule has 1 heterocycles. The Morgan fingerprint density at radius 3 is 1.33 bits per heavy atom. The molecular weight excluding hydrogens is 584 g/mol. The second-order valence-electron chi connectivity index (χ2n) is 13.7. The van der Waals surface area contributed by atoms with Crippen molar-refractivity contribution in [2.24, 2.45) is 0 Å². The summed E-state index contributed by atoms with van der Waals surface area (Å²) in [6, 6.07) is 0. The van der Waals surface area contributed by atoms with Crippen molar-refractivity contribution in [3.8, 4) is 0 Å². The summed E-state index contributed by atoms with van der Waals surface area (Å²) in [5, 5.41) is 31.8. The lowest BCUT2D eigenvalue weighted by atomic mass is 9.80. The van der Waals surface area contributed by atoms with Crippen molar-refractivity contribution < 1.29 is 39.2 Å². The molecule has 46 heavy (non-hydrogen) atoms. The number of rotatable bonds is 32. The second kappa shape index (κ2) is 26.3. The maximum Gasteiger partial charge on any atom is 0.343 e. The molecular formula is C38H68O8. The van der Waals surface area contributed by atoms with Crippen molar-refractivity contribution in [3.05, 3.63) is 0 Å². The number of unbranched alkanes of at least 4 members (excludes halogenated alkanes) is 24. The third kappa shape index (κ3) is 16.5. The lowest BCUT2D eigenvalue weighted by Crippen LogP contribution is -2.61. The molecule has 4 atom stereocenters. The predicted octanol–water partition coefficient (Wildman–Crippen LogP) is 8.03. The molecule has 0 radical (unpaired) electrons. The van der Waals surface area contributed by atoms with E-state index in [0.29, 0.717) is 12.8 Å². The molecule has 8 heteroatoms. The van der Waals surface area contributed by atoms with Crippen LogP contribution in [0, 0.1) is 0 Å². The minimum atomic E-state index is -3.00. The highest BCUT2D eigenvalue weighted by molar-refractivity contribution is 6.20. The molecule has 268 valence electrons. The number of aliphatic hydroxyl groups excluding tert-OH is 2. The van der Waals surface area contributed by atoms with Crippen molar-refractivity contribution in [2.75, 3.05) is 0 Å². The molecule has 0 aromatic carbocycles. The third-order valence-electron chi connectivity index (χ3n) is 9.56. The van der Waals surface area contributed by atoms with Crippen LogP contribution in [0.2, 0.25) is 0 Å². The van der Waals surface area contributed by atoms with Crippen LogP contribution in [0.5, 0.6) is 0 Å².